The van der Waals surface area contributed by atoms with E-state index in [1.54, 1.807) is 6.20 Å². The first-order chi connectivity index (χ1) is 9.24. The van der Waals surface area contributed by atoms with Crippen LogP contribution in [0.4, 0.5) is 5.69 Å². The van der Waals surface area contributed by atoms with Crippen molar-refractivity contribution in [3.8, 4) is 0 Å². The second kappa shape index (κ2) is 4.96. The SMILES string of the molecule is CCn1cc(NC(=O)[C@@]23CCCC[C@H]2CNC3)cn1. The summed E-state index contributed by atoms with van der Waals surface area (Å²) >= 11 is 0. The van der Waals surface area contributed by atoms with Gasteiger partial charge in [0, 0.05) is 19.3 Å². The van der Waals surface area contributed by atoms with Crippen LogP contribution in [0.25, 0.3) is 0 Å². The Morgan fingerprint density at radius 1 is 1.63 bits per heavy atom. The molecule has 2 fully saturated rings. The number of aryl methyl sites for hydroxylation is 1. The van der Waals surface area contributed by atoms with E-state index in [9.17, 15) is 4.79 Å². The van der Waals surface area contributed by atoms with Gasteiger partial charge in [-0.1, -0.05) is 12.8 Å². The molecule has 2 aliphatic rings. The van der Waals surface area contributed by atoms with E-state index in [0.717, 1.165) is 31.7 Å². The van der Waals surface area contributed by atoms with E-state index >= 15 is 0 Å². The maximum atomic E-state index is 12.7. The van der Waals surface area contributed by atoms with Crippen molar-refractivity contribution in [3.63, 3.8) is 0 Å². The fourth-order valence-corrected chi connectivity index (χ4v) is 3.55. The highest BCUT2D eigenvalue weighted by Gasteiger charge is 2.49. The average Bonchev–Trinajstić information content (AvgIpc) is 3.04. The summed E-state index contributed by atoms with van der Waals surface area (Å²) in [6, 6.07) is 0. The van der Waals surface area contributed by atoms with Crippen LogP contribution in [0.5, 0.6) is 0 Å². The molecule has 1 saturated heterocycles. The van der Waals surface area contributed by atoms with Crippen molar-refractivity contribution in [2.24, 2.45) is 11.3 Å². The normalized spacial score (nSPS) is 30.1. The lowest BCUT2D eigenvalue weighted by Gasteiger charge is -2.36. The minimum atomic E-state index is -0.188. The van der Waals surface area contributed by atoms with Gasteiger partial charge < -0.3 is 10.6 Å². The molecule has 1 aromatic heterocycles. The molecule has 0 aromatic carbocycles. The van der Waals surface area contributed by atoms with Crippen LogP contribution >= 0.6 is 0 Å². The number of carbonyl (C=O) groups excluding carboxylic acids is 1. The van der Waals surface area contributed by atoms with Crippen LogP contribution in [-0.4, -0.2) is 28.8 Å². The van der Waals surface area contributed by atoms with Crippen LogP contribution in [0, 0.1) is 11.3 Å². The molecule has 2 heterocycles. The van der Waals surface area contributed by atoms with Gasteiger partial charge in [0.15, 0.2) is 0 Å². The van der Waals surface area contributed by atoms with E-state index in [0.29, 0.717) is 5.92 Å². The quantitative estimate of drug-likeness (QED) is 0.870. The number of amides is 1. The summed E-state index contributed by atoms with van der Waals surface area (Å²) in [4.78, 5) is 12.7. The molecule has 104 valence electrons. The lowest BCUT2D eigenvalue weighted by Crippen LogP contribution is -2.44. The Morgan fingerprint density at radius 2 is 2.53 bits per heavy atom. The molecule has 1 saturated carbocycles. The van der Waals surface area contributed by atoms with E-state index in [1.165, 1.54) is 19.3 Å². The summed E-state index contributed by atoms with van der Waals surface area (Å²) in [6.45, 7) is 4.67. The number of hydrogen-bond acceptors (Lipinski definition) is 3. The zero-order chi connectivity index (χ0) is 13.3. The van der Waals surface area contributed by atoms with Gasteiger partial charge in [0.1, 0.15) is 0 Å². The van der Waals surface area contributed by atoms with Gasteiger partial charge in [-0.05, 0) is 32.2 Å². The minimum absolute atomic E-state index is 0.179. The van der Waals surface area contributed by atoms with Gasteiger partial charge in [0.25, 0.3) is 0 Å². The predicted molar refractivity (Wildman–Crippen MR) is 73.8 cm³/mol. The highest BCUT2D eigenvalue weighted by Crippen LogP contribution is 2.44. The van der Waals surface area contributed by atoms with Crippen molar-refractivity contribution in [1.29, 1.82) is 0 Å². The Bertz CT molecular complexity index is 470. The molecule has 2 N–H and O–H groups in total. The third-order valence-corrected chi connectivity index (χ3v) is 4.71. The Morgan fingerprint density at radius 3 is 3.32 bits per heavy atom. The van der Waals surface area contributed by atoms with Gasteiger partial charge in [-0.15, -0.1) is 0 Å². The molecular weight excluding hydrogens is 240 g/mol. The maximum absolute atomic E-state index is 12.7. The molecule has 0 unspecified atom stereocenters. The fourth-order valence-electron chi connectivity index (χ4n) is 3.55. The number of fused-ring (bicyclic) bond motifs is 1. The maximum Gasteiger partial charge on any atom is 0.232 e. The lowest BCUT2D eigenvalue weighted by molar-refractivity contribution is -0.128. The lowest BCUT2D eigenvalue weighted by atomic mass is 9.67. The van der Waals surface area contributed by atoms with Crippen molar-refractivity contribution in [2.45, 2.75) is 39.2 Å². The van der Waals surface area contributed by atoms with Crippen LogP contribution in [0.15, 0.2) is 12.4 Å². The largest absolute Gasteiger partial charge is 0.323 e. The molecule has 1 amide bonds. The molecule has 3 rings (SSSR count). The molecule has 5 nitrogen and oxygen atoms in total. The fraction of sp³-hybridized carbons (Fsp3) is 0.714. The molecule has 0 radical (unpaired) electrons. The number of nitrogens with zero attached hydrogens (tertiary/aromatic N) is 2. The van der Waals surface area contributed by atoms with Crippen LogP contribution in [0.1, 0.15) is 32.6 Å². The number of aromatic nitrogens is 2. The van der Waals surface area contributed by atoms with Crippen LogP contribution in [-0.2, 0) is 11.3 Å². The Kier molecular flexibility index (Phi) is 3.31. The van der Waals surface area contributed by atoms with Crippen molar-refractivity contribution in [3.05, 3.63) is 12.4 Å². The summed E-state index contributed by atoms with van der Waals surface area (Å²) in [6.07, 6.45) is 8.25. The Labute approximate surface area is 113 Å². The molecule has 2 atom stereocenters. The third-order valence-electron chi connectivity index (χ3n) is 4.71. The highest BCUT2D eigenvalue weighted by molar-refractivity contribution is 5.96. The molecule has 1 aliphatic carbocycles. The summed E-state index contributed by atoms with van der Waals surface area (Å²) in [5.41, 5.74) is 0.629. The summed E-state index contributed by atoms with van der Waals surface area (Å²) < 4.78 is 1.83. The number of carbonyl (C=O) groups is 1. The van der Waals surface area contributed by atoms with Crippen molar-refractivity contribution < 1.29 is 4.79 Å². The standard InChI is InChI=1S/C14H22N4O/c1-2-18-9-12(8-16-18)17-13(19)14-6-4-3-5-11(14)7-15-10-14/h8-9,11,15H,2-7,10H2,1H3,(H,17,19)/t11-,14+/m0/s1. The molecule has 0 spiro atoms. The summed E-state index contributed by atoms with van der Waals surface area (Å²) in [5.74, 6) is 0.681. The Balaban J connectivity index is 1.75. The van der Waals surface area contributed by atoms with E-state index in [1.807, 2.05) is 17.8 Å². The highest BCUT2D eigenvalue weighted by atomic mass is 16.2. The van der Waals surface area contributed by atoms with Gasteiger partial charge in [-0.25, -0.2) is 0 Å². The second-order valence-electron chi connectivity index (χ2n) is 5.77. The van der Waals surface area contributed by atoms with Crippen LogP contribution in [0.2, 0.25) is 0 Å². The first-order valence-corrected chi connectivity index (χ1v) is 7.29. The molecule has 0 bridgehead atoms. The van der Waals surface area contributed by atoms with Gasteiger partial charge in [0.05, 0.1) is 17.3 Å². The van der Waals surface area contributed by atoms with Crippen LogP contribution in [0.3, 0.4) is 0 Å². The van der Waals surface area contributed by atoms with Gasteiger partial charge >= 0.3 is 0 Å². The van der Waals surface area contributed by atoms with Crippen LogP contribution < -0.4 is 10.6 Å². The van der Waals surface area contributed by atoms with Crippen molar-refractivity contribution in [1.82, 2.24) is 15.1 Å². The van der Waals surface area contributed by atoms with Crippen molar-refractivity contribution in [2.75, 3.05) is 18.4 Å². The van der Waals surface area contributed by atoms with E-state index in [4.69, 9.17) is 0 Å². The number of anilines is 1. The molecule has 5 heteroatoms. The van der Waals surface area contributed by atoms with Gasteiger partial charge in [-0.2, -0.15) is 5.10 Å². The average molecular weight is 262 g/mol. The predicted octanol–water partition coefficient (Wildman–Crippen LogP) is 1.62. The van der Waals surface area contributed by atoms with Gasteiger partial charge in [0.2, 0.25) is 5.91 Å². The summed E-state index contributed by atoms with van der Waals surface area (Å²) in [5, 5.41) is 10.7. The summed E-state index contributed by atoms with van der Waals surface area (Å²) in [7, 11) is 0. The van der Waals surface area contributed by atoms with Crippen molar-refractivity contribution >= 4 is 11.6 Å². The number of rotatable bonds is 3. The first-order valence-electron chi connectivity index (χ1n) is 7.29. The van der Waals surface area contributed by atoms with E-state index < -0.39 is 0 Å². The number of nitrogens with one attached hydrogen (secondary N) is 2. The third kappa shape index (κ3) is 2.16. The molecule has 19 heavy (non-hydrogen) atoms. The zero-order valence-electron chi connectivity index (χ0n) is 11.5. The molecule has 1 aliphatic heterocycles. The molecular formula is C14H22N4O. The Hall–Kier alpha value is -1.36. The van der Waals surface area contributed by atoms with E-state index in [2.05, 4.69) is 15.7 Å². The topological polar surface area (TPSA) is 59.0 Å². The monoisotopic (exact) mass is 262 g/mol. The second-order valence-corrected chi connectivity index (χ2v) is 5.77. The van der Waals surface area contributed by atoms with E-state index in [-0.39, 0.29) is 11.3 Å². The zero-order valence-corrected chi connectivity index (χ0v) is 11.5. The number of hydrogen-bond donors (Lipinski definition) is 2. The minimum Gasteiger partial charge on any atom is -0.323 e. The van der Waals surface area contributed by atoms with Gasteiger partial charge in [-0.3, -0.25) is 9.48 Å². The first kappa shape index (κ1) is 12.7. The smallest absolute Gasteiger partial charge is 0.232 e. The molecule has 1 aromatic rings.